The Morgan fingerprint density at radius 3 is 3.00 bits per heavy atom. The molecule has 1 unspecified atom stereocenters. The SMILES string of the molecule is CC(NCCSCCCO)c1sccc1Br. The fourth-order valence-electron chi connectivity index (χ4n) is 1.32. The molecule has 16 heavy (non-hydrogen) atoms. The normalized spacial score (nSPS) is 12.9. The van der Waals surface area contributed by atoms with Gasteiger partial charge in [-0.3, -0.25) is 0 Å². The molecule has 2 nitrogen and oxygen atoms in total. The van der Waals surface area contributed by atoms with Crippen molar-refractivity contribution in [3.05, 3.63) is 20.8 Å². The Kier molecular flexibility index (Phi) is 7.73. The summed E-state index contributed by atoms with van der Waals surface area (Å²) in [7, 11) is 0. The zero-order valence-corrected chi connectivity index (χ0v) is 12.6. The molecule has 1 heterocycles. The first kappa shape index (κ1) is 14.5. The summed E-state index contributed by atoms with van der Waals surface area (Å²) in [6.45, 7) is 3.51. The number of hydrogen-bond donors (Lipinski definition) is 2. The van der Waals surface area contributed by atoms with Gasteiger partial charge in [0.2, 0.25) is 0 Å². The van der Waals surface area contributed by atoms with Crippen LogP contribution in [0.15, 0.2) is 15.9 Å². The van der Waals surface area contributed by atoms with E-state index in [0.29, 0.717) is 12.6 Å². The van der Waals surface area contributed by atoms with E-state index in [2.05, 4.69) is 39.6 Å². The van der Waals surface area contributed by atoms with Gasteiger partial charge in [-0.15, -0.1) is 11.3 Å². The van der Waals surface area contributed by atoms with E-state index in [-0.39, 0.29) is 0 Å². The molecular weight excluding hydrogens is 306 g/mol. The van der Waals surface area contributed by atoms with Crippen molar-refractivity contribution in [2.24, 2.45) is 0 Å². The first-order valence-corrected chi connectivity index (χ1v) is 8.23. The third-order valence-electron chi connectivity index (χ3n) is 2.18. The van der Waals surface area contributed by atoms with Gasteiger partial charge in [0.15, 0.2) is 0 Å². The van der Waals surface area contributed by atoms with E-state index in [0.717, 1.165) is 24.5 Å². The Bertz CT molecular complexity index is 293. The monoisotopic (exact) mass is 323 g/mol. The lowest BCUT2D eigenvalue weighted by Crippen LogP contribution is -2.21. The van der Waals surface area contributed by atoms with Crippen LogP contribution in [0.25, 0.3) is 0 Å². The second-order valence-electron chi connectivity index (χ2n) is 3.50. The Balaban J connectivity index is 2.11. The third kappa shape index (κ3) is 5.19. The summed E-state index contributed by atoms with van der Waals surface area (Å²) in [5.74, 6) is 2.16. The van der Waals surface area contributed by atoms with Gasteiger partial charge in [-0.2, -0.15) is 11.8 Å². The summed E-state index contributed by atoms with van der Waals surface area (Å²) in [5, 5.41) is 14.2. The maximum atomic E-state index is 8.63. The molecule has 0 saturated carbocycles. The van der Waals surface area contributed by atoms with E-state index in [9.17, 15) is 0 Å². The van der Waals surface area contributed by atoms with E-state index < -0.39 is 0 Å². The molecular formula is C11H18BrNOS2. The molecule has 1 aromatic rings. The average molecular weight is 324 g/mol. The molecule has 1 aromatic heterocycles. The van der Waals surface area contributed by atoms with Gasteiger partial charge in [0, 0.05) is 34.3 Å². The number of rotatable bonds is 8. The highest BCUT2D eigenvalue weighted by atomic mass is 79.9. The maximum Gasteiger partial charge on any atom is 0.0438 e. The number of thioether (sulfide) groups is 1. The summed E-state index contributed by atoms with van der Waals surface area (Å²) in [6.07, 6.45) is 0.899. The summed E-state index contributed by atoms with van der Waals surface area (Å²) in [6, 6.07) is 2.50. The molecule has 0 fully saturated rings. The molecule has 0 radical (unpaired) electrons. The molecule has 1 rings (SSSR count). The highest BCUT2D eigenvalue weighted by Gasteiger charge is 2.09. The zero-order chi connectivity index (χ0) is 11.8. The van der Waals surface area contributed by atoms with Crippen molar-refractivity contribution in [1.82, 2.24) is 5.32 Å². The van der Waals surface area contributed by atoms with Gasteiger partial charge < -0.3 is 10.4 Å². The molecule has 0 spiro atoms. The summed E-state index contributed by atoms with van der Waals surface area (Å²) in [4.78, 5) is 1.36. The Hall–Kier alpha value is 0.450. The first-order chi connectivity index (χ1) is 7.75. The van der Waals surface area contributed by atoms with Crippen LogP contribution in [0.2, 0.25) is 0 Å². The number of nitrogens with one attached hydrogen (secondary N) is 1. The standard InChI is InChI=1S/C11H18BrNOS2/c1-9(11-10(12)3-7-16-11)13-4-8-15-6-2-5-14/h3,7,9,13-14H,2,4-6,8H2,1H3. The zero-order valence-electron chi connectivity index (χ0n) is 9.41. The van der Waals surface area contributed by atoms with Gasteiger partial charge in [0.1, 0.15) is 0 Å². The van der Waals surface area contributed by atoms with E-state index in [4.69, 9.17) is 5.11 Å². The molecule has 0 aromatic carbocycles. The molecule has 0 aliphatic heterocycles. The minimum atomic E-state index is 0.305. The number of hydrogen-bond acceptors (Lipinski definition) is 4. The largest absolute Gasteiger partial charge is 0.396 e. The molecule has 2 N–H and O–H groups in total. The van der Waals surface area contributed by atoms with E-state index in [1.807, 2.05) is 11.8 Å². The second-order valence-corrected chi connectivity index (χ2v) is 6.52. The van der Waals surface area contributed by atoms with E-state index in [1.54, 1.807) is 11.3 Å². The summed E-state index contributed by atoms with van der Waals surface area (Å²) in [5.41, 5.74) is 0. The van der Waals surface area contributed by atoms with Crippen LogP contribution in [0, 0.1) is 0 Å². The molecule has 0 aliphatic carbocycles. The molecule has 0 bridgehead atoms. The quantitative estimate of drug-likeness (QED) is 0.720. The fourth-order valence-corrected chi connectivity index (χ4v) is 3.87. The Labute approximate surface area is 114 Å². The smallest absolute Gasteiger partial charge is 0.0438 e. The van der Waals surface area contributed by atoms with Crippen molar-refractivity contribution in [3.63, 3.8) is 0 Å². The van der Waals surface area contributed by atoms with Crippen molar-refractivity contribution in [2.75, 3.05) is 24.7 Å². The molecule has 1 atom stereocenters. The number of aliphatic hydroxyl groups excluding tert-OH is 1. The van der Waals surface area contributed by atoms with Gasteiger partial charge in [0.05, 0.1) is 0 Å². The molecule has 5 heteroatoms. The first-order valence-electron chi connectivity index (χ1n) is 5.40. The molecule has 0 saturated heterocycles. The Morgan fingerprint density at radius 2 is 2.38 bits per heavy atom. The molecule has 0 amide bonds. The lowest BCUT2D eigenvalue weighted by Gasteiger charge is -2.12. The Morgan fingerprint density at radius 1 is 1.56 bits per heavy atom. The van der Waals surface area contributed by atoms with Crippen LogP contribution in [-0.2, 0) is 0 Å². The average Bonchev–Trinajstić information content (AvgIpc) is 2.69. The van der Waals surface area contributed by atoms with Crippen LogP contribution in [-0.4, -0.2) is 29.8 Å². The highest BCUT2D eigenvalue weighted by Crippen LogP contribution is 2.28. The van der Waals surface area contributed by atoms with Crippen molar-refractivity contribution in [1.29, 1.82) is 0 Å². The van der Waals surface area contributed by atoms with Crippen molar-refractivity contribution in [3.8, 4) is 0 Å². The molecule has 92 valence electrons. The summed E-state index contributed by atoms with van der Waals surface area (Å²) < 4.78 is 1.20. The minimum Gasteiger partial charge on any atom is -0.396 e. The van der Waals surface area contributed by atoms with Crippen molar-refractivity contribution in [2.45, 2.75) is 19.4 Å². The molecule has 0 aliphatic rings. The van der Waals surface area contributed by atoms with Gasteiger partial charge in [-0.25, -0.2) is 0 Å². The lowest BCUT2D eigenvalue weighted by molar-refractivity contribution is 0.296. The predicted molar refractivity (Wildman–Crippen MR) is 77.5 cm³/mol. The van der Waals surface area contributed by atoms with Crippen LogP contribution in [0.1, 0.15) is 24.3 Å². The number of aliphatic hydroxyl groups is 1. The highest BCUT2D eigenvalue weighted by molar-refractivity contribution is 9.10. The number of halogens is 1. The van der Waals surface area contributed by atoms with Crippen LogP contribution in [0.4, 0.5) is 0 Å². The van der Waals surface area contributed by atoms with Gasteiger partial charge >= 0.3 is 0 Å². The van der Waals surface area contributed by atoms with Crippen molar-refractivity contribution >= 4 is 39.0 Å². The summed E-state index contributed by atoms with van der Waals surface area (Å²) >= 11 is 7.22. The van der Waals surface area contributed by atoms with Crippen LogP contribution < -0.4 is 5.32 Å². The minimum absolute atomic E-state index is 0.305. The van der Waals surface area contributed by atoms with Gasteiger partial charge in [-0.05, 0) is 46.5 Å². The second kappa shape index (κ2) is 8.53. The fraction of sp³-hybridized carbons (Fsp3) is 0.636. The van der Waals surface area contributed by atoms with Crippen LogP contribution >= 0.6 is 39.0 Å². The van der Waals surface area contributed by atoms with Crippen LogP contribution in [0.5, 0.6) is 0 Å². The number of thiophene rings is 1. The van der Waals surface area contributed by atoms with Crippen molar-refractivity contribution < 1.29 is 5.11 Å². The third-order valence-corrected chi connectivity index (χ3v) is 5.31. The van der Waals surface area contributed by atoms with Crippen LogP contribution in [0.3, 0.4) is 0 Å². The van der Waals surface area contributed by atoms with E-state index in [1.165, 1.54) is 9.35 Å². The topological polar surface area (TPSA) is 32.3 Å². The van der Waals surface area contributed by atoms with E-state index >= 15 is 0 Å². The van der Waals surface area contributed by atoms with Gasteiger partial charge in [0.25, 0.3) is 0 Å². The lowest BCUT2D eigenvalue weighted by atomic mass is 10.3. The predicted octanol–water partition coefficient (Wildman–Crippen LogP) is 3.28. The van der Waals surface area contributed by atoms with Gasteiger partial charge in [-0.1, -0.05) is 0 Å². The maximum absolute atomic E-state index is 8.63.